The molecule has 0 fully saturated rings. The molecule has 34 heavy (non-hydrogen) atoms. The van der Waals surface area contributed by atoms with E-state index >= 15 is 0 Å². The highest BCUT2D eigenvalue weighted by Crippen LogP contribution is 2.32. The Morgan fingerprint density at radius 2 is 2.03 bits per heavy atom. The molecule has 1 aliphatic heterocycles. The lowest BCUT2D eigenvalue weighted by Crippen LogP contribution is -2.29. The number of alkyl halides is 3. The van der Waals surface area contributed by atoms with Crippen LogP contribution in [0.15, 0.2) is 61.1 Å². The Labute approximate surface area is 192 Å². The fourth-order valence-electron chi connectivity index (χ4n) is 4.05. The quantitative estimate of drug-likeness (QED) is 0.414. The Morgan fingerprint density at radius 3 is 2.85 bits per heavy atom. The summed E-state index contributed by atoms with van der Waals surface area (Å²) in [6.07, 6.45) is -0.707. The third-order valence-electron chi connectivity index (χ3n) is 5.71. The van der Waals surface area contributed by atoms with Gasteiger partial charge >= 0.3 is 12.2 Å². The summed E-state index contributed by atoms with van der Waals surface area (Å²) in [5, 5.41) is 6.60. The molecule has 174 valence electrons. The van der Waals surface area contributed by atoms with Crippen molar-refractivity contribution in [1.29, 1.82) is 0 Å². The predicted molar refractivity (Wildman–Crippen MR) is 120 cm³/mol. The molecule has 0 aliphatic carbocycles. The monoisotopic (exact) mass is 467 g/mol. The molecule has 1 aliphatic rings. The number of anilines is 1. The number of nitrogens with one attached hydrogen (secondary N) is 2. The normalized spacial score (nSPS) is 15.7. The molecule has 1 atom stereocenters. The highest BCUT2D eigenvalue weighted by atomic mass is 19.4. The summed E-state index contributed by atoms with van der Waals surface area (Å²) in [5.41, 5.74) is 1.68. The van der Waals surface area contributed by atoms with Crippen molar-refractivity contribution in [3.05, 3.63) is 77.9 Å². The zero-order chi connectivity index (χ0) is 23.9. The summed E-state index contributed by atoms with van der Waals surface area (Å²) in [6, 6.07) is 11.0. The predicted octanol–water partition coefficient (Wildman–Crippen LogP) is 5.53. The largest absolute Gasteiger partial charge is 0.439 e. The maximum atomic E-state index is 13.0. The molecular weight excluding hydrogens is 447 g/mol. The molecule has 2 aromatic heterocycles. The molecule has 3 heterocycles. The zero-order valence-electron chi connectivity index (χ0n) is 18.1. The van der Waals surface area contributed by atoms with Gasteiger partial charge in [0.15, 0.2) is 0 Å². The summed E-state index contributed by atoms with van der Waals surface area (Å²) in [6.45, 7) is 2.84. The topological polar surface area (TPSA) is 81.1 Å². The highest BCUT2D eigenvalue weighted by molar-refractivity contribution is 5.98. The fourth-order valence-corrected chi connectivity index (χ4v) is 4.05. The van der Waals surface area contributed by atoms with Crippen LogP contribution in [-0.4, -0.2) is 27.1 Å². The number of carbonyl (C=O) groups is 1. The summed E-state index contributed by atoms with van der Waals surface area (Å²) in [4.78, 5) is 21.4. The second kappa shape index (κ2) is 8.45. The van der Waals surface area contributed by atoms with Crippen molar-refractivity contribution in [1.82, 2.24) is 19.9 Å². The number of amides is 1. The number of nitrogens with zero attached hydrogens (tertiary/aromatic N) is 3. The van der Waals surface area contributed by atoms with Gasteiger partial charge in [0.1, 0.15) is 12.1 Å². The first kappa shape index (κ1) is 21.9. The van der Waals surface area contributed by atoms with Crippen molar-refractivity contribution in [2.45, 2.75) is 25.6 Å². The average molecular weight is 467 g/mol. The van der Waals surface area contributed by atoms with Crippen molar-refractivity contribution in [2.24, 2.45) is 0 Å². The van der Waals surface area contributed by atoms with Crippen molar-refractivity contribution in [3.63, 3.8) is 0 Å². The minimum atomic E-state index is -4.49. The van der Waals surface area contributed by atoms with Gasteiger partial charge in [-0.25, -0.2) is 14.8 Å². The molecule has 1 amide bonds. The molecule has 1 unspecified atom stereocenters. The van der Waals surface area contributed by atoms with Crippen LogP contribution in [0, 0.1) is 0 Å². The maximum absolute atomic E-state index is 13.0. The molecule has 0 saturated carbocycles. The van der Waals surface area contributed by atoms with E-state index in [1.807, 2.05) is 6.92 Å². The molecule has 2 N–H and O–H groups in total. The lowest BCUT2D eigenvalue weighted by Gasteiger charge is -2.23. The van der Waals surface area contributed by atoms with E-state index in [9.17, 15) is 18.0 Å². The first-order chi connectivity index (χ1) is 16.3. The van der Waals surface area contributed by atoms with Gasteiger partial charge in [0.05, 0.1) is 16.8 Å². The van der Waals surface area contributed by atoms with Crippen LogP contribution in [0.3, 0.4) is 0 Å². The molecule has 7 nitrogen and oxygen atoms in total. The number of fused-ring (bicyclic) bond motifs is 2. The second-order valence-electron chi connectivity index (χ2n) is 7.99. The fraction of sp³-hybridized carbons (Fsp3) is 0.208. The second-order valence-corrected chi connectivity index (χ2v) is 7.99. The summed E-state index contributed by atoms with van der Waals surface area (Å²) >= 11 is 0. The minimum Gasteiger partial charge on any atom is -0.439 e. The van der Waals surface area contributed by atoms with Gasteiger partial charge in [-0.2, -0.15) is 13.2 Å². The number of hydrogen-bond acceptors (Lipinski definition) is 5. The van der Waals surface area contributed by atoms with Crippen LogP contribution < -0.4 is 15.4 Å². The van der Waals surface area contributed by atoms with Gasteiger partial charge in [-0.15, -0.1) is 0 Å². The van der Waals surface area contributed by atoms with E-state index in [-0.39, 0.29) is 11.7 Å². The number of hydrogen-bond donors (Lipinski definition) is 2. The van der Waals surface area contributed by atoms with Crippen molar-refractivity contribution in [3.8, 4) is 11.6 Å². The molecule has 5 rings (SSSR count). The number of carbonyl (C=O) groups excluding carboxylic acids is 1. The lowest BCUT2D eigenvalue weighted by molar-refractivity contribution is -0.137. The van der Waals surface area contributed by atoms with E-state index in [4.69, 9.17) is 4.74 Å². The van der Waals surface area contributed by atoms with E-state index in [2.05, 4.69) is 20.6 Å². The van der Waals surface area contributed by atoms with Crippen LogP contribution in [0.1, 0.15) is 29.8 Å². The van der Waals surface area contributed by atoms with Crippen molar-refractivity contribution >= 4 is 22.6 Å². The van der Waals surface area contributed by atoms with Crippen LogP contribution >= 0.6 is 0 Å². The van der Waals surface area contributed by atoms with E-state index in [0.29, 0.717) is 17.1 Å². The number of halogens is 3. The van der Waals surface area contributed by atoms with Gasteiger partial charge in [0.25, 0.3) is 0 Å². The SMILES string of the molecule is CC1NCCc2c(Oc3ccc4c(ccn4C(=O)Nc4cccc(C(F)(F)F)c4)c3)ncnc21. The molecule has 2 aromatic carbocycles. The Bertz CT molecular complexity index is 1380. The molecular formula is C24H20F3N5O2. The standard InChI is InChI=1S/C24H20F3N5O2/c1-14-21-19(7-9-28-14)22(30-13-29-21)34-18-5-6-20-15(11-18)8-10-32(20)23(33)31-17-4-2-3-16(12-17)24(25,26)27/h2-6,8,10-14,28H,7,9H2,1H3,(H,31,33). The Kier molecular flexibility index (Phi) is 5.45. The van der Waals surface area contributed by atoms with Gasteiger partial charge in [-0.05, 0) is 55.8 Å². The molecule has 0 radical (unpaired) electrons. The van der Waals surface area contributed by atoms with Crippen LogP contribution in [0.4, 0.5) is 23.7 Å². The Morgan fingerprint density at radius 1 is 1.18 bits per heavy atom. The van der Waals surface area contributed by atoms with E-state index in [0.717, 1.165) is 41.7 Å². The molecule has 0 saturated heterocycles. The van der Waals surface area contributed by atoms with Gasteiger partial charge in [-0.1, -0.05) is 6.07 Å². The van der Waals surface area contributed by atoms with E-state index in [1.54, 1.807) is 30.5 Å². The Hall–Kier alpha value is -3.92. The van der Waals surface area contributed by atoms with E-state index in [1.165, 1.54) is 23.0 Å². The third kappa shape index (κ3) is 4.19. The van der Waals surface area contributed by atoms with Crippen molar-refractivity contribution in [2.75, 3.05) is 11.9 Å². The summed E-state index contributed by atoms with van der Waals surface area (Å²) in [7, 11) is 0. The average Bonchev–Trinajstić information content (AvgIpc) is 3.23. The molecule has 4 aromatic rings. The first-order valence-electron chi connectivity index (χ1n) is 10.6. The first-order valence-corrected chi connectivity index (χ1v) is 10.6. The van der Waals surface area contributed by atoms with Crippen molar-refractivity contribution < 1.29 is 22.7 Å². The van der Waals surface area contributed by atoms with Gasteiger partial charge < -0.3 is 15.4 Å². The number of benzene rings is 2. The Balaban J connectivity index is 1.38. The summed E-state index contributed by atoms with van der Waals surface area (Å²) in [5.74, 6) is 1.05. The van der Waals surface area contributed by atoms with Crippen LogP contribution in [0.25, 0.3) is 10.9 Å². The third-order valence-corrected chi connectivity index (χ3v) is 5.71. The van der Waals surface area contributed by atoms with Crippen LogP contribution in [-0.2, 0) is 12.6 Å². The molecule has 0 spiro atoms. The van der Waals surface area contributed by atoms with Crippen LogP contribution in [0.2, 0.25) is 0 Å². The number of aromatic nitrogens is 3. The number of rotatable bonds is 3. The molecule has 10 heteroatoms. The maximum Gasteiger partial charge on any atom is 0.416 e. The smallest absolute Gasteiger partial charge is 0.416 e. The highest BCUT2D eigenvalue weighted by Gasteiger charge is 2.30. The van der Waals surface area contributed by atoms with Gasteiger partial charge in [0, 0.05) is 35.4 Å². The molecule has 0 bridgehead atoms. The zero-order valence-corrected chi connectivity index (χ0v) is 18.1. The summed E-state index contributed by atoms with van der Waals surface area (Å²) < 4.78 is 46.2. The van der Waals surface area contributed by atoms with Gasteiger partial charge in [0.2, 0.25) is 5.88 Å². The minimum absolute atomic E-state index is 0.0545. The number of ether oxygens (including phenoxy) is 1. The van der Waals surface area contributed by atoms with Crippen LogP contribution in [0.5, 0.6) is 11.6 Å². The van der Waals surface area contributed by atoms with E-state index < -0.39 is 17.8 Å². The van der Waals surface area contributed by atoms with Gasteiger partial charge in [-0.3, -0.25) is 4.57 Å². The lowest BCUT2D eigenvalue weighted by atomic mass is 10.0.